The minimum absolute atomic E-state index is 0.172. The van der Waals surface area contributed by atoms with Gasteiger partial charge in [-0.1, -0.05) is 0 Å². The van der Waals surface area contributed by atoms with Crippen LogP contribution in [0.5, 0.6) is 0 Å². The number of hydrogen-bond acceptors (Lipinski definition) is 3. The SMILES string of the molecule is O=C(NCc1cc2c(s1)CCC2)c1ccc(Br)o1. The van der Waals surface area contributed by atoms with Gasteiger partial charge in [-0.3, -0.25) is 4.79 Å². The topological polar surface area (TPSA) is 42.2 Å². The molecule has 94 valence electrons. The molecule has 1 aliphatic carbocycles. The summed E-state index contributed by atoms with van der Waals surface area (Å²) in [4.78, 5) is 14.5. The van der Waals surface area contributed by atoms with Crippen molar-refractivity contribution in [2.45, 2.75) is 25.8 Å². The van der Waals surface area contributed by atoms with Crippen molar-refractivity contribution >= 4 is 33.2 Å². The number of carbonyl (C=O) groups is 1. The van der Waals surface area contributed by atoms with Crippen LogP contribution in [0, 0.1) is 0 Å². The van der Waals surface area contributed by atoms with Crippen molar-refractivity contribution in [2.75, 3.05) is 0 Å². The van der Waals surface area contributed by atoms with Gasteiger partial charge in [-0.05, 0) is 59.0 Å². The number of fused-ring (bicyclic) bond motifs is 1. The third-order valence-electron chi connectivity index (χ3n) is 3.02. The summed E-state index contributed by atoms with van der Waals surface area (Å²) in [5, 5.41) is 2.87. The van der Waals surface area contributed by atoms with Crippen LogP contribution in [0.2, 0.25) is 0 Å². The molecule has 0 fully saturated rings. The molecule has 0 spiro atoms. The zero-order valence-corrected chi connectivity index (χ0v) is 12.1. The lowest BCUT2D eigenvalue weighted by Gasteiger charge is -2.00. The van der Waals surface area contributed by atoms with E-state index in [-0.39, 0.29) is 5.91 Å². The number of thiophene rings is 1. The van der Waals surface area contributed by atoms with Crippen LogP contribution in [0.25, 0.3) is 0 Å². The van der Waals surface area contributed by atoms with Crippen molar-refractivity contribution in [3.05, 3.63) is 43.9 Å². The third-order valence-corrected chi connectivity index (χ3v) is 4.68. The molecule has 1 aliphatic rings. The van der Waals surface area contributed by atoms with Crippen molar-refractivity contribution in [2.24, 2.45) is 0 Å². The zero-order chi connectivity index (χ0) is 12.5. The van der Waals surface area contributed by atoms with Crippen molar-refractivity contribution < 1.29 is 9.21 Å². The molecule has 18 heavy (non-hydrogen) atoms. The lowest BCUT2D eigenvalue weighted by molar-refractivity contribution is 0.0922. The molecule has 0 atom stereocenters. The molecule has 0 aliphatic heterocycles. The van der Waals surface area contributed by atoms with Crippen molar-refractivity contribution in [3.8, 4) is 0 Å². The van der Waals surface area contributed by atoms with Crippen LogP contribution in [-0.2, 0) is 19.4 Å². The first kappa shape index (κ1) is 12.0. The molecule has 3 nitrogen and oxygen atoms in total. The van der Waals surface area contributed by atoms with Gasteiger partial charge in [0.1, 0.15) is 0 Å². The Hall–Kier alpha value is -1.07. The molecule has 0 unspecified atom stereocenters. The Bertz CT molecular complexity index is 566. The lowest BCUT2D eigenvalue weighted by atomic mass is 10.2. The summed E-state index contributed by atoms with van der Waals surface area (Å²) in [7, 11) is 0. The molecule has 1 N–H and O–H groups in total. The smallest absolute Gasteiger partial charge is 0.287 e. The van der Waals surface area contributed by atoms with E-state index >= 15 is 0 Å². The van der Waals surface area contributed by atoms with Crippen LogP contribution in [-0.4, -0.2) is 5.91 Å². The Morgan fingerprint density at radius 1 is 1.44 bits per heavy atom. The van der Waals surface area contributed by atoms with Gasteiger partial charge in [-0.25, -0.2) is 0 Å². The van der Waals surface area contributed by atoms with E-state index in [1.54, 1.807) is 12.1 Å². The summed E-state index contributed by atoms with van der Waals surface area (Å²) in [6, 6.07) is 5.59. The normalized spacial score (nSPS) is 13.6. The lowest BCUT2D eigenvalue weighted by Crippen LogP contribution is -2.21. The highest BCUT2D eigenvalue weighted by Gasteiger charge is 2.16. The average molecular weight is 326 g/mol. The van der Waals surface area contributed by atoms with Crippen LogP contribution < -0.4 is 5.32 Å². The molecule has 1 amide bonds. The number of hydrogen-bond donors (Lipinski definition) is 1. The second kappa shape index (κ2) is 4.90. The van der Waals surface area contributed by atoms with Gasteiger partial charge in [0, 0.05) is 9.75 Å². The maximum absolute atomic E-state index is 11.8. The van der Waals surface area contributed by atoms with E-state index in [1.807, 2.05) is 11.3 Å². The van der Waals surface area contributed by atoms with Gasteiger partial charge in [0.05, 0.1) is 6.54 Å². The fourth-order valence-corrected chi connectivity index (χ4v) is 3.68. The van der Waals surface area contributed by atoms with E-state index in [9.17, 15) is 4.79 Å². The Balaban J connectivity index is 1.62. The van der Waals surface area contributed by atoms with Gasteiger partial charge in [-0.15, -0.1) is 11.3 Å². The van der Waals surface area contributed by atoms with Crippen molar-refractivity contribution in [1.29, 1.82) is 0 Å². The highest BCUT2D eigenvalue weighted by molar-refractivity contribution is 9.10. The van der Waals surface area contributed by atoms with E-state index in [0.29, 0.717) is 17.0 Å². The monoisotopic (exact) mass is 325 g/mol. The standard InChI is InChI=1S/C13H12BrNO2S/c14-12-5-4-10(17-12)13(16)15-7-9-6-8-2-1-3-11(8)18-9/h4-6H,1-3,7H2,(H,15,16). The van der Waals surface area contributed by atoms with E-state index in [2.05, 4.69) is 27.3 Å². The number of nitrogens with one attached hydrogen (secondary N) is 1. The highest BCUT2D eigenvalue weighted by Crippen LogP contribution is 2.30. The number of rotatable bonds is 3. The second-order valence-electron chi connectivity index (χ2n) is 4.30. The Kier molecular flexibility index (Phi) is 3.26. The Labute approximate surface area is 117 Å². The Morgan fingerprint density at radius 3 is 3.06 bits per heavy atom. The van der Waals surface area contributed by atoms with Crippen LogP contribution in [0.3, 0.4) is 0 Å². The number of furan rings is 1. The largest absolute Gasteiger partial charge is 0.444 e. The second-order valence-corrected chi connectivity index (χ2v) is 6.30. The number of aryl methyl sites for hydroxylation is 2. The average Bonchev–Trinajstić information content (AvgIpc) is 3.00. The van der Waals surface area contributed by atoms with E-state index < -0.39 is 0 Å². The minimum Gasteiger partial charge on any atom is -0.444 e. The van der Waals surface area contributed by atoms with Gasteiger partial charge in [0.25, 0.3) is 5.91 Å². The molecule has 0 bridgehead atoms. The molecule has 3 rings (SSSR count). The summed E-state index contributed by atoms with van der Waals surface area (Å²) in [5.41, 5.74) is 1.46. The fourth-order valence-electron chi connectivity index (χ4n) is 2.17. The minimum atomic E-state index is -0.172. The first-order chi connectivity index (χ1) is 8.72. The van der Waals surface area contributed by atoms with Gasteiger partial charge in [0.2, 0.25) is 0 Å². The maximum atomic E-state index is 11.8. The van der Waals surface area contributed by atoms with E-state index in [4.69, 9.17) is 4.42 Å². The molecular weight excluding hydrogens is 314 g/mol. The molecule has 2 aromatic rings. The van der Waals surface area contributed by atoms with Crippen LogP contribution >= 0.6 is 27.3 Å². The fraction of sp³-hybridized carbons (Fsp3) is 0.308. The van der Waals surface area contributed by atoms with Gasteiger partial charge < -0.3 is 9.73 Å². The van der Waals surface area contributed by atoms with Crippen LogP contribution in [0.4, 0.5) is 0 Å². The molecule has 0 saturated carbocycles. The third kappa shape index (κ3) is 2.37. The summed E-state index contributed by atoms with van der Waals surface area (Å²) in [5.74, 6) is 0.167. The predicted octanol–water partition coefficient (Wildman–Crippen LogP) is 3.52. The molecule has 5 heteroatoms. The summed E-state index contributed by atoms with van der Waals surface area (Å²) >= 11 is 4.99. The van der Waals surface area contributed by atoms with Crippen molar-refractivity contribution in [3.63, 3.8) is 0 Å². The molecule has 2 heterocycles. The first-order valence-electron chi connectivity index (χ1n) is 5.86. The van der Waals surface area contributed by atoms with Crippen LogP contribution in [0.15, 0.2) is 27.3 Å². The maximum Gasteiger partial charge on any atom is 0.287 e. The number of amides is 1. The quantitative estimate of drug-likeness (QED) is 0.938. The molecular formula is C13H12BrNO2S. The van der Waals surface area contributed by atoms with Gasteiger partial charge in [-0.2, -0.15) is 0 Å². The summed E-state index contributed by atoms with van der Waals surface area (Å²) < 4.78 is 5.78. The zero-order valence-electron chi connectivity index (χ0n) is 9.66. The van der Waals surface area contributed by atoms with Crippen LogP contribution in [0.1, 0.15) is 32.3 Å². The first-order valence-corrected chi connectivity index (χ1v) is 7.47. The number of carbonyl (C=O) groups excluding carboxylic acids is 1. The Morgan fingerprint density at radius 2 is 2.33 bits per heavy atom. The van der Waals surface area contributed by atoms with Crippen molar-refractivity contribution in [1.82, 2.24) is 5.32 Å². The van der Waals surface area contributed by atoms with Gasteiger partial charge in [0.15, 0.2) is 10.4 Å². The molecule has 0 radical (unpaired) electrons. The van der Waals surface area contributed by atoms with E-state index in [1.165, 1.54) is 34.6 Å². The molecule has 2 aromatic heterocycles. The van der Waals surface area contributed by atoms with Gasteiger partial charge >= 0.3 is 0 Å². The van der Waals surface area contributed by atoms with E-state index in [0.717, 1.165) is 0 Å². The highest BCUT2D eigenvalue weighted by atomic mass is 79.9. The number of halogens is 1. The predicted molar refractivity (Wildman–Crippen MR) is 73.9 cm³/mol. The molecule has 0 saturated heterocycles. The summed E-state index contributed by atoms with van der Waals surface area (Å²) in [6.45, 7) is 0.578. The molecule has 0 aromatic carbocycles. The summed E-state index contributed by atoms with van der Waals surface area (Å²) in [6.07, 6.45) is 3.65.